The molecule has 1 aromatic heterocycles. The van der Waals surface area contributed by atoms with Crippen LogP contribution in [0.15, 0.2) is 18.3 Å². The molecule has 0 amide bonds. The zero-order valence-electron chi connectivity index (χ0n) is 10.3. The molecule has 0 aliphatic heterocycles. The second kappa shape index (κ2) is 6.20. The summed E-state index contributed by atoms with van der Waals surface area (Å²) < 4.78 is 5.17. The van der Waals surface area contributed by atoms with Crippen molar-refractivity contribution in [2.45, 2.75) is 39.5 Å². The maximum atomic E-state index is 10.6. The van der Waals surface area contributed by atoms with Crippen molar-refractivity contribution in [1.82, 2.24) is 10.3 Å². The Morgan fingerprint density at radius 2 is 2.18 bits per heavy atom. The van der Waals surface area contributed by atoms with E-state index >= 15 is 0 Å². The fraction of sp³-hybridized carbons (Fsp3) is 0.500. The van der Waals surface area contributed by atoms with Crippen LogP contribution >= 0.6 is 0 Å². The third kappa shape index (κ3) is 4.82. The molecule has 94 valence electrons. The average molecular weight is 238 g/mol. The first-order valence-electron chi connectivity index (χ1n) is 5.57. The van der Waals surface area contributed by atoms with Crippen LogP contribution in [0.25, 0.3) is 0 Å². The van der Waals surface area contributed by atoms with Crippen molar-refractivity contribution in [2.75, 3.05) is 0 Å². The molecule has 1 aromatic rings. The number of pyridine rings is 1. The van der Waals surface area contributed by atoms with Crippen molar-refractivity contribution in [3.63, 3.8) is 0 Å². The van der Waals surface area contributed by atoms with Crippen LogP contribution in [0, 0.1) is 0 Å². The summed E-state index contributed by atoms with van der Waals surface area (Å²) in [5.74, 6) is -0.524. The van der Waals surface area contributed by atoms with E-state index < -0.39 is 12.1 Å². The molecule has 5 nitrogen and oxygen atoms in total. The van der Waals surface area contributed by atoms with Gasteiger partial charge in [0.25, 0.3) is 0 Å². The predicted octanol–water partition coefficient (Wildman–Crippen LogP) is 1.43. The summed E-state index contributed by atoms with van der Waals surface area (Å²) >= 11 is 0. The Bertz CT molecular complexity index is 363. The molecule has 0 spiro atoms. The lowest BCUT2D eigenvalue weighted by molar-refractivity contribution is -0.144. The Balaban J connectivity index is 2.53. The van der Waals surface area contributed by atoms with Gasteiger partial charge in [-0.25, -0.2) is 4.79 Å². The van der Waals surface area contributed by atoms with Crippen LogP contribution in [-0.2, 0) is 11.3 Å². The van der Waals surface area contributed by atoms with Gasteiger partial charge in [-0.3, -0.25) is 4.98 Å². The Kier molecular flexibility index (Phi) is 4.90. The Morgan fingerprint density at radius 1 is 1.47 bits per heavy atom. The molecule has 0 radical (unpaired) electrons. The van der Waals surface area contributed by atoms with Crippen LogP contribution in [0.2, 0.25) is 0 Å². The highest BCUT2D eigenvalue weighted by atomic mass is 16.5. The second-order valence-electron chi connectivity index (χ2n) is 4.12. The standard InChI is InChI=1S/C12H18N2O3/c1-8(2)13-6-10-4-5-11(7-14-10)17-9(3)12(15)16/h4-5,7-9,13H,6H2,1-3H3,(H,15,16). The number of hydrogen-bond donors (Lipinski definition) is 2. The summed E-state index contributed by atoms with van der Waals surface area (Å²) in [5.41, 5.74) is 0.897. The number of ether oxygens (including phenoxy) is 1. The van der Waals surface area contributed by atoms with Crippen LogP contribution in [0.1, 0.15) is 26.5 Å². The highest BCUT2D eigenvalue weighted by Gasteiger charge is 2.12. The molecule has 0 saturated heterocycles. The van der Waals surface area contributed by atoms with Gasteiger partial charge < -0.3 is 15.2 Å². The normalized spacial score (nSPS) is 12.5. The largest absolute Gasteiger partial charge is 0.479 e. The topological polar surface area (TPSA) is 71.5 Å². The average Bonchev–Trinajstić information content (AvgIpc) is 2.28. The van der Waals surface area contributed by atoms with E-state index in [1.54, 1.807) is 6.07 Å². The lowest BCUT2D eigenvalue weighted by atomic mass is 10.3. The van der Waals surface area contributed by atoms with E-state index in [1.165, 1.54) is 13.1 Å². The molecule has 2 N–H and O–H groups in total. The molecular weight excluding hydrogens is 220 g/mol. The van der Waals surface area contributed by atoms with Gasteiger partial charge in [0.2, 0.25) is 0 Å². The van der Waals surface area contributed by atoms with Crippen molar-refractivity contribution in [2.24, 2.45) is 0 Å². The van der Waals surface area contributed by atoms with E-state index in [-0.39, 0.29) is 0 Å². The quantitative estimate of drug-likeness (QED) is 0.784. The molecule has 5 heteroatoms. The van der Waals surface area contributed by atoms with Crippen LogP contribution in [0.3, 0.4) is 0 Å². The van der Waals surface area contributed by atoms with Gasteiger partial charge in [-0.1, -0.05) is 13.8 Å². The Morgan fingerprint density at radius 3 is 2.65 bits per heavy atom. The van der Waals surface area contributed by atoms with Gasteiger partial charge in [0.15, 0.2) is 6.10 Å². The summed E-state index contributed by atoms with van der Waals surface area (Å²) in [5, 5.41) is 11.9. The maximum Gasteiger partial charge on any atom is 0.344 e. The van der Waals surface area contributed by atoms with Gasteiger partial charge in [0, 0.05) is 12.6 Å². The molecule has 0 fully saturated rings. The van der Waals surface area contributed by atoms with Gasteiger partial charge >= 0.3 is 5.97 Å². The number of carbonyl (C=O) groups is 1. The third-order valence-electron chi connectivity index (χ3n) is 2.15. The minimum Gasteiger partial charge on any atom is -0.479 e. The first kappa shape index (κ1) is 13.4. The molecule has 0 aliphatic carbocycles. The number of aromatic nitrogens is 1. The minimum absolute atomic E-state index is 0.403. The highest BCUT2D eigenvalue weighted by Crippen LogP contribution is 2.11. The number of nitrogens with zero attached hydrogens (tertiary/aromatic N) is 1. The molecule has 0 aromatic carbocycles. The molecule has 1 rings (SSSR count). The predicted molar refractivity (Wildman–Crippen MR) is 63.9 cm³/mol. The summed E-state index contributed by atoms with van der Waals surface area (Å²) in [6.07, 6.45) is 0.674. The van der Waals surface area contributed by atoms with Crippen LogP contribution < -0.4 is 10.1 Å². The van der Waals surface area contributed by atoms with Crippen LogP contribution in [-0.4, -0.2) is 28.2 Å². The summed E-state index contributed by atoms with van der Waals surface area (Å²) in [7, 11) is 0. The third-order valence-corrected chi connectivity index (χ3v) is 2.15. The molecule has 0 aliphatic rings. The van der Waals surface area contributed by atoms with E-state index in [0.717, 1.165) is 5.69 Å². The lowest BCUT2D eigenvalue weighted by Gasteiger charge is -2.11. The van der Waals surface area contributed by atoms with Gasteiger partial charge in [0.05, 0.1) is 11.9 Å². The van der Waals surface area contributed by atoms with E-state index in [2.05, 4.69) is 24.1 Å². The van der Waals surface area contributed by atoms with E-state index in [9.17, 15) is 4.79 Å². The van der Waals surface area contributed by atoms with E-state index in [0.29, 0.717) is 18.3 Å². The number of hydrogen-bond acceptors (Lipinski definition) is 4. The van der Waals surface area contributed by atoms with Crippen molar-refractivity contribution >= 4 is 5.97 Å². The molecule has 0 saturated carbocycles. The van der Waals surface area contributed by atoms with Gasteiger partial charge in [-0.05, 0) is 19.1 Å². The van der Waals surface area contributed by atoms with Crippen molar-refractivity contribution in [3.8, 4) is 5.75 Å². The fourth-order valence-electron chi connectivity index (χ4n) is 1.15. The fourth-order valence-corrected chi connectivity index (χ4v) is 1.15. The lowest BCUT2D eigenvalue weighted by Crippen LogP contribution is -2.23. The van der Waals surface area contributed by atoms with E-state index in [4.69, 9.17) is 9.84 Å². The number of carboxylic acid groups (broad SMARTS) is 1. The molecule has 17 heavy (non-hydrogen) atoms. The maximum absolute atomic E-state index is 10.6. The Hall–Kier alpha value is -1.62. The number of aliphatic carboxylic acids is 1. The molecule has 1 heterocycles. The minimum atomic E-state index is -0.990. The van der Waals surface area contributed by atoms with Crippen molar-refractivity contribution < 1.29 is 14.6 Å². The van der Waals surface area contributed by atoms with Gasteiger partial charge in [-0.2, -0.15) is 0 Å². The van der Waals surface area contributed by atoms with Gasteiger partial charge in [-0.15, -0.1) is 0 Å². The number of rotatable bonds is 6. The summed E-state index contributed by atoms with van der Waals surface area (Å²) in [6, 6.07) is 3.95. The zero-order chi connectivity index (χ0) is 12.8. The summed E-state index contributed by atoms with van der Waals surface area (Å²) in [4.78, 5) is 14.8. The van der Waals surface area contributed by atoms with Crippen LogP contribution in [0.4, 0.5) is 0 Å². The molecular formula is C12H18N2O3. The molecule has 1 atom stereocenters. The Labute approximate surface area is 101 Å². The second-order valence-corrected chi connectivity index (χ2v) is 4.12. The van der Waals surface area contributed by atoms with E-state index in [1.807, 2.05) is 6.07 Å². The number of carboxylic acids is 1. The SMILES string of the molecule is CC(C)NCc1ccc(OC(C)C(=O)O)cn1. The van der Waals surface area contributed by atoms with Crippen molar-refractivity contribution in [1.29, 1.82) is 0 Å². The number of nitrogens with one attached hydrogen (secondary N) is 1. The zero-order valence-corrected chi connectivity index (χ0v) is 10.3. The summed E-state index contributed by atoms with van der Waals surface area (Å²) in [6.45, 7) is 6.29. The molecule has 1 unspecified atom stereocenters. The molecule has 0 bridgehead atoms. The first-order chi connectivity index (χ1) is 7.99. The highest BCUT2D eigenvalue weighted by molar-refractivity contribution is 5.72. The monoisotopic (exact) mass is 238 g/mol. The smallest absolute Gasteiger partial charge is 0.344 e. The van der Waals surface area contributed by atoms with Gasteiger partial charge in [0.1, 0.15) is 5.75 Å². The van der Waals surface area contributed by atoms with Crippen LogP contribution in [0.5, 0.6) is 5.75 Å². The van der Waals surface area contributed by atoms with Crippen molar-refractivity contribution in [3.05, 3.63) is 24.0 Å². The first-order valence-corrected chi connectivity index (χ1v) is 5.57.